The van der Waals surface area contributed by atoms with Crippen LogP contribution in [0, 0.1) is 0 Å². The highest BCUT2D eigenvalue weighted by Crippen LogP contribution is 2.24. The Kier molecular flexibility index (Phi) is 6.67. The van der Waals surface area contributed by atoms with Crippen LogP contribution in [0.3, 0.4) is 0 Å². The summed E-state index contributed by atoms with van der Waals surface area (Å²) in [6, 6.07) is 0. The zero-order valence-corrected chi connectivity index (χ0v) is 11.6. The Morgan fingerprint density at radius 3 is 2.89 bits per heavy atom. The molecular formula is C13H22N4O2. The van der Waals surface area contributed by atoms with Gasteiger partial charge in [0.1, 0.15) is 12.0 Å². The number of rotatable bonds is 9. The molecule has 3 N–H and O–H groups in total. The zero-order chi connectivity index (χ0) is 14.1. The highest BCUT2D eigenvalue weighted by Gasteiger charge is 2.09. The first-order valence-electron chi connectivity index (χ1n) is 6.34. The zero-order valence-electron chi connectivity index (χ0n) is 11.6. The maximum absolute atomic E-state index is 5.93. The molecule has 6 heteroatoms. The molecule has 1 aromatic rings. The van der Waals surface area contributed by atoms with Crippen LogP contribution in [0.25, 0.3) is 0 Å². The van der Waals surface area contributed by atoms with Gasteiger partial charge in [-0.2, -0.15) is 4.98 Å². The van der Waals surface area contributed by atoms with Crippen LogP contribution in [0.2, 0.25) is 0 Å². The van der Waals surface area contributed by atoms with Crippen LogP contribution in [-0.2, 0) is 4.74 Å². The third-order valence-electron chi connectivity index (χ3n) is 2.20. The first kappa shape index (κ1) is 15.2. The molecule has 0 radical (unpaired) electrons. The average molecular weight is 266 g/mol. The van der Waals surface area contributed by atoms with E-state index in [1.165, 1.54) is 6.33 Å². The van der Waals surface area contributed by atoms with Crippen LogP contribution in [0.1, 0.15) is 20.3 Å². The second-order valence-electron chi connectivity index (χ2n) is 4.22. The van der Waals surface area contributed by atoms with E-state index in [-0.39, 0.29) is 6.10 Å². The van der Waals surface area contributed by atoms with E-state index in [9.17, 15) is 0 Å². The topological polar surface area (TPSA) is 82.3 Å². The van der Waals surface area contributed by atoms with Crippen molar-refractivity contribution in [3.05, 3.63) is 19.0 Å². The van der Waals surface area contributed by atoms with Crippen LogP contribution in [0.15, 0.2) is 19.0 Å². The predicted molar refractivity (Wildman–Crippen MR) is 76.3 cm³/mol. The summed E-state index contributed by atoms with van der Waals surface area (Å²) in [6.45, 7) is 9.34. The third-order valence-corrected chi connectivity index (χ3v) is 2.20. The van der Waals surface area contributed by atoms with Gasteiger partial charge in [-0.05, 0) is 20.3 Å². The monoisotopic (exact) mass is 266 g/mol. The van der Waals surface area contributed by atoms with Crippen molar-refractivity contribution in [3.63, 3.8) is 0 Å². The van der Waals surface area contributed by atoms with Gasteiger partial charge in [-0.25, -0.2) is 4.98 Å². The number of nitrogens with two attached hydrogens (primary N) is 1. The predicted octanol–water partition coefficient (Wildman–Crippen LogP) is 1.85. The Hall–Kier alpha value is -1.82. The Bertz CT molecular complexity index is 396. The second-order valence-corrected chi connectivity index (χ2v) is 4.22. The van der Waals surface area contributed by atoms with Gasteiger partial charge in [0.05, 0.1) is 19.3 Å². The molecule has 0 aromatic carbocycles. The number of aromatic nitrogens is 2. The number of anilines is 2. The molecule has 19 heavy (non-hydrogen) atoms. The van der Waals surface area contributed by atoms with Gasteiger partial charge in [-0.1, -0.05) is 6.08 Å². The molecule has 0 atom stereocenters. The summed E-state index contributed by atoms with van der Waals surface area (Å²) < 4.78 is 10.9. The van der Waals surface area contributed by atoms with E-state index >= 15 is 0 Å². The summed E-state index contributed by atoms with van der Waals surface area (Å²) in [4.78, 5) is 8.09. The molecule has 1 heterocycles. The maximum atomic E-state index is 5.93. The summed E-state index contributed by atoms with van der Waals surface area (Å²) in [7, 11) is 0. The fourth-order valence-corrected chi connectivity index (χ4v) is 1.35. The van der Waals surface area contributed by atoms with Crippen molar-refractivity contribution >= 4 is 11.5 Å². The highest BCUT2D eigenvalue weighted by atomic mass is 16.5. The number of nitrogens with zero attached hydrogens (tertiary/aromatic N) is 2. The lowest BCUT2D eigenvalue weighted by Gasteiger charge is -2.13. The molecule has 0 amide bonds. The SMILES string of the molecule is C=CCCOCCNc1ncnc(OC(C)C)c1N. The third kappa shape index (κ3) is 5.56. The number of hydrogen-bond acceptors (Lipinski definition) is 6. The molecule has 0 aliphatic rings. The molecule has 0 fully saturated rings. The van der Waals surface area contributed by atoms with Crippen molar-refractivity contribution in [1.82, 2.24) is 9.97 Å². The minimum atomic E-state index is 0.0206. The Morgan fingerprint density at radius 2 is 2.21 bits per heavy atom. The molecule has 0 saturated heterocycles. The first-order valence-corrected chi connectivity index (χ1v) is 6.34. The standard InChI is InChI=1S/C13H22N4O2/c1-4-5-7-18-8-6-15-12-11(14)13(17-9-16-12)19-10(2)3/h4,9-10H,1,5-8,14H2,2-3H3,(H,15,16,17). The van der Waals surface area contributed by atoms with Crippen molar-refractivity contribution in [2.75, 3.05) is 30.8 Å². The van der Waals surface area contributed by atoms with Gasteiger partial charge in [0.2, 0.25) is 5.88 Å². The van der Waals surface area contributed by atoms with Gasteiger partial charge < -0.3 is 20.5 Å². The van der Waals surface area contributed by atoms with E-state index in [4.69, 9.17) is 15.2 Å². The van der Waals surface area contributed by atoms with Gasteiger partial charge in [0, 0.05) is 6.54 Å². The molecule has 1 aromatic heterocycles. The number of nitrogens with one attached hydrogen (secondary N) is 1. The molecule has 106 valence electrons. The number of nitrogen functional groups attached to an aromatic ring is 1. The van der Waals surface area contributed by atoms with Crippen molar-refractivity contribution in [3.8, 4) is 5.88 Å². The van der Waals surface area contributed by atoms with Crippen LogP contribution < -0.4 is 15.8 Å². The molecule has 0 spiro atoms. The van der Waals surface area contributed by atoms with Gasteiger partial charge in [-0.3, -0.25) is 0 Å². The van der Waals surface area contributed by atoms with Gasteiger partial charge in [0.15, 0.2) is 5.82 Å². The lowest BCUT2D eigenvalue weighted by atomic mass is 10.4. The Labute approximate surface area is 114 Å². The minimum Gasteiger partial charge on any atom is -0.473 e. The van der Waals surface area contributed by atoms with Crippen LogP contribution in [0.5, 0.6) is 5.88 Å². The molecule has 6 nitrogen and oxygen atoms in total. The molecule has 0 saturated carbocycles. The van der Waals surface area contributed by atoms with Crippen molar-refractivity contribution in [1.29, 1.82) is 0 Å². The molecule has 0 aliphatic carbocycles. The van der Waals surface area contributed by atoms with E-state index < -0.39 is 0 Å². The van der Waals surface area contributed by atoms with Gasteiger partial charge in [0.25, 0.3) is 0 Å². The summed E-state index contributed by atoms with van der Waals surface area (Å²) in [5, 5.41) is 3.10. The van der Waals surface area contributed by atoms with Gasteiger partial charge in [-0.15, -0.1) is 6.58 Å². The maximum Gasteiger partial charge on any atom is 0.242 e. The summed E-state index contributed by atoms with van der Waals surface area (Å²) in [5.41, 5.74) is 6.35. The van der Waals surface area contributed by atoms with Crippen LogP contribution in [-0.4, -0.2) is 35.8 Å². The van der Waals surface area contributed by atoms with Crippen molar-refractivity contribution < 1.29 is 9.47 Å². The van der Waals surface area contributed by atoms with Gasteiger partial charge >= 0.3 is 0 Å². The quantitative estimate of drug-likeness (QED) is 0.524. The Morgan fingerprint density at radius 1 is 1.42 bits per heavy atom. The highest BCUT2D eigenvalue weighted by molar-refractivity contribution is 5.66. The van der Waals surface area contributed by atoms with Crippen LogP contribution in [0.4, 0.5) is 11.5 Å². The molecular weight excluding hydrogens is 244 g/mol. The normalized spacial score (nSPS) is 10.5. The van der Waals surface area contributed by atoms with E-state index in [1.54, 1.807) is 0 Å². The summed E-state index contributed by atoms with van der Waals surface area (Å²) >= 11 is 0. The van der Waals surface area contributed by atoms with E-state index in [0.717, 1.165) is 6.42 Å². The smallest absolute Gasteiger partial charge is 0.242 e. The largest absolute Gasteiger partial charge is 0.473 e. The number of ether oxygens (including phenoxy) is 2. The average Bonchev–Trinajstić information content (AvgIpc) is 2.37. The molecule has 1 rings (SSSR count). The lowest BCUT2D eigenvalue weighted by molar-refractivity contribution is 0.149. The first-order chi connectivity index (χ1) is 9.15. The fourth-order valence-electron chi connectivity index (χ4n) is 1.35. The van der Waals surface area contributed by atoms with E-state index in [0.29, 0.717) is 37.1 Å². The summed E-state index contributed by atoms with van der Waals surface area (Å²) in [5.74, 6) is 0.970. The van der Waals surface area contributed by atoms with E-state index in [2.05, 4.69) is 21.9 Å². The fraction of sp³-hybridized carbons (Fsp3) is 0.538. The Balaban J connectivity index is 2.43. The number of hydrogen-bond donors (Lipinski definition) is 2. The van der Waals surface area contributed by atoms with Crippen molar-refractivity contribution in [2.45, 2.75) is 26.4 Å². The molecule has 0 bridgehead atoms. The molecule has 0 aliphatic heterocycles. The minimum absolute atomic E-state index is 0.0206. The summed E-state index contributed by atoms with van der Waals surface area (Å²) in [6.07, 6.45) is 4.12. The second kappa shape index (κ2) is 8.31. The molecule has 0 unspecified atom stereocenters. The van der Waals surface area contributed by atoms with Crippen molar-refractivity contribution in [2.24, 2.45) is 0 Å². The lowest BCUT2D eigenvalue weighted by Crippen LogP contribution is -2.14. The van der Waals surface area contributed by atoms with Crippen LogP contribution >= 0.6 is 0 Å². The van der Waals surface area contributed by atoms with E-state index in [1.807, 2.05) is 19.9 Å².